The van der Waals surface area contributed by atoms with E-state index in [1.54, 1.807) is 0 Å². The van der Waals surface area contributed by atoms with E-state index in [2.05, 4.69) is 28.1 Å². The number of aliphatic hydroxyl groups excluding tert-OH is 1. The van der Waals surface area contributed by atoms with E-state index in [0.717, 1.165) is 10.9 Å². The van der Waals surface area contributed by atoms with E-state index in [1.165, 1.54) is 0 Å². The number of rotatable bonds is 8. The quantitative estimate of drug-likeness (QED) is 0.210. The van der Waals surface area contributed by atoms with Crippen LogP contribution < -0.4 is 106 Å². The van der Waals surface area contributed by atoms with Gasteiger partial charge >= 0.3 is 81.1 Å². The van der Waals surface area contributed by atoms with Crippen molar-refractivity contribution in [2.24, 2.45) is 0 Å². The first-order valence-corrected chi connectivity index (χ1v) is 12.3. The number of hydrogen-bond acceptors (Lipinski definition) is 16. The number of nitrogen functional groups attached to an aromatic ring is 1. The van der Waals surface area contributed by atoms with Crippen molar-refractivity contribution in [3.05, 3.63) is 16.8 Å². The number of aromatic amines is 1. The third kappa shape index (κ3) is 10.2. The summed E-state index contributed by atoms with van der Waals surface area (Å²) in [5.74, 6) is -0.0336. The van der Waals surface area contributed by atoms with Gasteiger partial charge in [0.1, 0.15) is 24.2 Å². The average Bonchev–Trinajstić information content (AvgIpc) is 3.09. The molecule has 0 saturated carbocycles. The second-order valence-electron chi connectivity index (χ2n) is 5.99. The first kappa shape index (κ1) is 38.0. The zero-order valence-electron chi connectivity index (χ0n) is 18.8. The molecular formula is C10H12Li4N5O13P3. The van der Waals surface area contributed by atoms with Crippen LogP contribution in [0.25, 0.3) is 11.2 Å². The van der Waals surface area contributed by atoms with Crippen molar-refractivity contribution in [1.82, 2.24) is 19.5 Å². The minimum Gasteiger partial charge on any atom is -0.790 e. The maximum absolute atomic E-state index is 12.2. The van der Waals surface area contributed by atoms with Crippen LogP contribution in [0, 0.1) is 0 Å². The molecule has 4 N–H and O–H groups in total. The third-order valence-electron chi connectivity index (χ3n) is 3.82. The van der Waals surface area contributed by atoms with Gasteiger partial charge in [-0.25, -0.2) is 23.6 Å². The molecule has 0 amide bonds. The summed E-state index contributed by atoms with van der Waals surface area (Å²) >= 11 is 0. The summed E-state index contributed by atoms with van der Waals surface area (Å²) in [5, 5.41) is 10.1. The van der Waals surface area contributed by atoms with Crippen LogP contribution in [0.15, 0.2) is 11.1 Å². The summed E-state index contributed by atoms with van der Waals surface area (Å²) < 4.78 is 50.1. The van der Waals surface area contributed by atoms with Crippen LogP contribution in [0.4, 0.5) is 5.82 Å². The Morgan fingerprint density at radius 3 is 2.29 bits per heavy atom. The zero-order valence-corrected chi connectivity index (χ0v) is 21.5. The van der Waals surface area contributed by atoms with Crippen LogP contribution in [-0.4, -0.2) is 43.4 Å². The molecule has 174 valence electrons. The van der Waals surface area contributed by atoms with E-state index < -0.39 is 54.2 Å². The molecule has 0 spiro atoms. The van der Waals surface area contributed by atoms with Gasteiger partial charge in [0.2, 0.25) is 0 Å². The van der Waals surface area contributed by atoms with Gasteiger partial charge in [-0.05, 0) is 0 Å². The molecule has 18 nitrogen and oxygen atoms in total. The minimum atomic E-state index is -6.12. The molecule has 2 aromatic heterocycles. The Bertz CT molecular complexity index is 1190. The molecule has 0 aromatic carbocycles. The Morgan fingerprint density at radius 1 is 1.11 bits per heavy atom. The van der Waals surface area contributed by atoms with E-state index in [-0.39, 0.29) is 98.8 Å². The molecule has 1 aliphatic heterocycles. The number of phosphoric acid groups is 3. The van der Waals surface area contributed by atoms with Crippen LogP contribution in [-0.2, 0) is 31.6 Å². The monoisotopic (exact) mass is 531 g/mol. The number of imidazole rings is 1. The fourth-order valence-corrected chi connectivity index (χ4v) is 5.56. The number of hydrogen-bond donors (Lipinski definition) is 3. The Morgan fingerprint density at radius 2 is 1.71 bits per heavy atom. The van der Waals surface area contributed by atoms with Crippen LogP contribution in [0.2, 0.25) is 0 Å². The van der Waals surface area contributed by atoms with Gasteiger partial charge in [-0.1, -0.05) is 0 Å². The van der Waals surface area contributed by atoms with Crippen molar-refractivity contribution < 1.29 is 132 Å². The summed E-state index contributed by atoms with van der Waals surface area (Å²) in [7, 11) is -18.0. The largest absolute Gasteiger partial charge is 1.00 e. The number of fused-ring (bicyclic) bond motifs is 1. The van der Waals surface area contributed by atoms with Crippen molar-refractivity contribution in [3.8, 4) is 0 Å². The molecule has 1 saturated heterocycles. The van der Waals surface area contributed by atoms with E-state index in [1.807, 2.05) is 0 Å². The van der Waals surface area contributed by atoms with Gasteiger partial charge in [-0.2, -0.15) is 0 Å². The summed E-state index contributed by atoms with van der Waals surface area (Å²) in [6.45, 7) is -1.00. The molecule has 35 heavy (non-hydrogen) atoms. The van der Waals surface area contributed by atoms with E-state index in [0.29, 0.717) is 0 Å². The number of aromatic nitrogens is 4. The molecule has 25 heteroatoms. The summed E-state index contributed by atoms with van der Waals surface area (Å²) in [6, 6.07) is 0. The van der Waals surface area contributed by atoms with Crippen LogP contribution in [0.5, 0.6) is 0 Å². The smallest absolute Gasteiger partial charge is 0.790 e. The molecule has 3 heterocycles. The maximum atomic E-state index is 12.2. The van der Waals surface area contributed by atoms with Crippen molar-refractivity contribution in [2.75, 3.05) is 12.3 Å². The molecular weight excluding hydrogens is 519 g/mol. The number of nitrogens with two attached hydrogens (primary N) is 1. The summed E-state index contributed by atoms with van der Waals surface area (Å²) in [6.07, 6.45) is -3.09. The standard InChI is InChI=1S/C10H16N5O13P3.4Li/c11-8-7-9(13-3-12-8)15(10(17)14-7)6-1-4(16)5(26-6)2-25-30(21,22)28-31(23,24)27-29(18,19)20;;;;/h3-6,16H,1-2H2,(H,14,17)(H,21,22)(H,23,24)(H2,11,12,13)(H2,18,19,20);;;;/q;4*+1/p-4/t4-,5+,6+;;;;/m0..../s1. The number of phosphoric ester groups is 1. The van der Waals surface area contributed by atoms with E-state index >= 15 is 0 Å². The molecule has 1 aliphatic rings. The fraction of sp³-hybridized carbons (Fsp3) is 0.500. The predicted octanol–water partition coefficient (Wildman–Crippen LogP) is -15.8. The van der Waals surface area contributed by atoms with Gasteiger partial charge in [0.05, 0.1) is 20.5 Å². The normalized spacial score (nSPS) is 23.1. The fourth-order valence-electron chi connectivity index (χ4n) is 2.69. The average molecular weight is 531 g/mol. The second-order valence-corrected chi connectivity index (χ2v) is 10.2. The topological polar surface area (TPSA) is 290 Å². The predicted molar refractivity (Wildman–Crippen MR) is 88.0 cm³/mol. The molecule has 1 fully saturated rings. The van der Waals surface area contributed by atoms with E-state index in [9.17, 15) is 43.2 Å². The van der Waals surface area contributed by atoms with Crippen molar-refractivity contribution in [1.29, 1.82) is 0 Å². The van der Waals surface area contributed by atoms with Crippen LogP contribution >= 0.6 is 23.5 Å². The number of H-pyrrole nitrogens is 1. The Kier molecular flexibility index (Phi) is 15.5. The summed E-state index contributed by atoms with van der Waals surface area (Å²) in [5.41, 5.74) is 5.06. The molecule has 0 bridgehead atoms. The van der Waals surface area contributed by atoms with Crippen LogP contribution in [0.3, 0.4) is 0 Å². The van der Waals surface area contributed by atoms with Crippen molar-refractivity contribution >= 4 is 40.4 Å². The third-order valence-corrected chi connectivity index (χ3v) is 7.49. The van der Waals surface area contributed by atoms with Gasteiger partial charge in [-0.15, -0.1) is 0 Å². The number of aliphatic hydroxyl groups is 1. The number of ether oxygens (including phenoxy) is 1. The van der Waals surface area contributed by atoms with Crippen molar-refractivity contribution in [3.63, 3.8) is 0 Å². The molecule has 5 atom stereocenters. The molecule has 2 aromatic rings. The van der Waals surface area contributed by atoms with E-state index in [4.69, 9.17) is 10.5 Å². The van der Waals surface area contributed by atoms with Gasteiger partial charge in [-0.3, -0.25) is 13.4 Å². The van der Waals surface area contributed by atoms with Gasteiger partial charge in [0.15, 0.2) is 11.5 Å². The first-order chi connectivity index (χ1) is 14.2. The molecule has 3 rings (SSSR count). The Hall–Kier alpha value is 0.870. The molecule has 0 radical (unpaired) electrons. The zero-order chi connectivity index (χ0) is 23.2. The number of nitrogens with zero attached hydrogens (tertiary/aromatic N) is 3. The Labute approximate surface area is 244 Å². The maximum Gasteiger partial charge on any atom is 1.00 e. The van der Waals surface area contributed by atoms with Crippen LogP contribution in [0.1, 0.15) is 12.6 Å². The summed E-state index contributed by atoms with van der Waals surface area (Å²) in [4.78, 5) is 65.5. The minimum absolute atomic E-state index is 0. The van der Waals surface area contributed by atoms with Gasteiger partial charge in [0.25, 0.3) is 15.6 Å². The Balaban J connectivity index is 0. The number of nitrogens with one attached hydrogen (secondary N) is 1. The molecule has 2 unspecified atom stereocenters. The SMILES string of the molecule is Nc1ncnc2c1[nH]c(=O)n2[C@H]1C[C@H](O)[C@@H](COP(=O)([O-])OP(=O)([O-])OP(=O)([O-])[O-])O1.[Li+].[Li+].[Li+].[Li+]. The molecule has 0 aliphatic carbocycles. The second kappa shape index (κ2) is 14.3. The number of anilines is 1. The first-order valence-electron chi connectivity index (χ1n) is 7.93. The van der Waals surface area contributed by atoms with Gasteiger partial charge in [0, 0.05) is 6.42 Å². The van der Waals surface area contributed by atoms with Gasteiger partial charge < -0.3 is 49.2 Å². The van der Waals surface area contributed by atoms with Crippen molar-refractivity contribution in [2.45, 2.75) is 24.9 Å².